The fraction of sp³-hybridized carbons (Fsp3) is 0.435. The van der Waals surface area contributed by atoms with Crippen molar-refractivity contribution in [3.63, 3.8) is 0 Å². The van der Waals surface area contributed by atoms with Crippen LogP contribution in [-0.4, -0.2) is 26.4 Å². The summed E-state index contributed by atoms with van der Waals surface area (Å²) in [5, 5.41) is 12.9. The van der Waals surface area contributed by atoms with E-state index in [4.69, 9.17) is 4.42 Å². The predicted molar refractivity (Wildman–Crippen MR) is 117 cm³/mol. The number of thioether (sulfide) groups is 1. The zero-order chi connectivity index (χ0) is 20.8. The van der Waals surface area contributed by atoms with Crippen LogP contribution in [-0.2, 0) is 13.5 Å². The van der Waals surface area contributed by atoms with Crippen LogP contribution in [0.1, 0.15) is 59.9 Å². The van der Waals surface area contributed by atoms with Crippen LogP contribution in [0.25, 0.3) is 0 Å². The van der Waals surface area contributed by atoms with Crippen molar-refractivity contribution in [1.29, 1.82) is 0 Å². The zero-order valence-electron chi connectivity index (χ0n) is 17.3. The van der Waals surface area contributed by atoms with Crippen molar-refractivity contribution < 1.29 is 9.21 Å². The van der Waals surface area contributed by atoms with Gasteiger partial charge in [0.05, 0.1) is 17.9 Å². The quantitative estimate of drug-likeness (QED) is 0.526. The summed E-state index contributed by atoms with van der Waals surface area (Å²) in [7, 11) is 1.99. The molecule has 7 heteroatoms. The molecule has 3 aromatic rings. The molecule has 0 spiro atoms. The van der Waals surface area contributed by atoms with E-state index in [1.807, 2.05) is 29.8 Å². The molecule has 2 heterocycles. The van der Waals surface area contributed by atoms with Crippen molar-refractivity contribution in [2.45, 2.75) is 49.7 Å². The number of hydrogen-bond acceptors (Lipinski definition) is 5. The van der Waals surface area contributed by atoms with Crippen molar-refractivity contribution in [2.75, 3.05) is 5.75 Å². The maximum Gasteiger partial charge on any atom is 0.255 e. The van der Waals surface area contributed by atoms with Gasteiger partial charge in [0.2, 0.25) is 0 Å². The average Bonchev–Trinajstić information content (AvgIpc) is 3.44. The summed E-state index contributed by atoms with van der Waals surface area (Å²) >= 11 is 1.78. The van der Waals surface area contributed by atoms with E-state index in [1.54, 1.807) is 17.8 Å². The Bertz CT molecular complexity index is 934. The van der Waals surface area contributed by atoms with Crippen LogP contribution in [0, 0.1) is 5.92 Å². The summed E-state index contributed by atoms with van der Waals surface area (Å²) in [6, 6.07) is 11.5. The molecule has 2 aromatic heterocycles. The van der Waals surface area contributed by atoms with Crippen LogP contribution < -0.4 is 5.32 Å². The standard InChI is InChI=1S/C23H28N4O2S/c1-27-21(25-26-23(27)30-16-18-10-6-3-7-11-18)20(14-17-8-4-2-5-9-17)24-22(28)19-12-13-29-15-19/h2,4-5,8-9,12-13,15,18,20H,3,6-7,10-11,14,16H2,1H3,(H,24,28). The normalized spacial score (nSPS) is 15.8. The minimum atomic E-state index is -0.281. The molecule has 0 bridgehead atoms. The highest BCUT2D eigenvalue weighted by atomic mass is 32.2. The van der Waals surface area contributed by atoms with Gasteiger partial charge in [-0.25, -0.2) is 0 Å². The molecule has 1 aliphatic carbocycles. The molecule has 1 saturated carbocycles. The van der Waals surface area contributed by atoms with Gasteiger partial charge in [-0.05, 0) is 36.8 Å². The first-order valence-corrected chi connectivity index (χ1v) is 11.6. The lowest BCUT2D eigenvalue weighted by Gasteiger charge is -2.21. The summed E-state index contributed by atoms with van der Waals surface area (Å²) in [5.74, 6) is 2.44. The van der Waals surface area contributed by atoms with E-state index in [0.29, 0.717) is 12.0 Å². The molecule has 0 aliphatic heterocycles. The summed E-state index contributed by atoms with van der Waals surface area (Å²) in [5.41, 5.74) is 1.64. The third-order valence-electron chi connectivity index (χ3n) is 5.72. The van der Waals surface area contributed by atoms with Crippen molar-refractivity contribution in [2.24, 2.45) is 13.0 Å². The molecule has 1 aromatic carbocycles. The van der Waals surface area contributed by atoms with Crippen LogP contribution in [0.5, 0.6) is 0 Å². The summed E-state index contributed by atoms with van der Waals surface area (Å²) in [6.45, 7) is 0. The lowest BCUT2D eigenvalue weighted by molar-refractivity contribution is 0.0933. The average molecular weight is 425 g/mol. The van der Waals surface area contributed by atoms with Gasteiger partial charge in [-0.2, -0.15) is 0 Å². The highest BCUT2D eigenvalue weighted by Gasteiger charge is 2.24. The smallest absolute Gasteiger partial charge is 0.255 e. The second-order valence-corrected chi connectivity index (χ2v) is 8.93. The Balaban J connectivity index is 1.50. The van der Waals surface area contributed by atoms with Gasteiger partial charge in [0.15, 0.2) is 11.0 Å². The summed E-state index contributed by atoms with van der Waals surface area (Å²) < 4.78 is 7.09. The molecular formula is C23H28N4O2S. The van der Waals surface area contributed by atoms with E-state index in [2.05, 4.69) is 27.6 Å². The Morgan fingerprint density at radius 3 is 2.73 bits per heavy atom. The zero-order valence-corrected chi connectivity index (χ0v) is 18.1. The van der Waals surface area contributed by atoms with Gasteiger partial charge in [-0.1, -0.05) is 61.4 Å². The van der Waals surface area contributed by atoms with E-state index < -0.39 is 0 Å². The predicted octanol–water partition coefficient (Wildman–Crippen LogP) is 4.79. The molecule has 1 atom stereocenters. The van der Waals surface area contributed by atoms with Gasteiger partial charge >= 0.3 is 0 Å². The third-order valence-corrected chi connectivity index (χ3v) is 6.98. The van der Waals surface area contributed by atoms with Crippen LogP contribution in [0.2, 0.25) is 0 Å². The Hall–Kier alpha value is -2.54. The Morgan fingerprint density at radius 1 is 1.20 bits per heavy atom. The second kappa shape index (κ2) is 9.98. The van der Waals surface area contributed by atoms with Crippen LogP contribution in [0.15, 0.2) is 58.5 Å². The summed E-state index contributed by atoms with van der Waals surface area (Å²) in [6.07, 6.45) is 10.3. The van der Waals surface area contributed by atoms with Gasteiger partial charge in [0.1, 0.15) is 6.26 Å². The maximum atomic E-state index is 12.7. The fourth-order valence-corrected chi connectivity index (χ4v) is 5.10. The molecular weight excluding hydrogens is 396 g/mol. The molecule has 30 heavy (non-hydrogen) atoms. The van der Waals surface area contributed by atoms with Crippen molar-refractivity contribution in [3.05, 3.63) is 65.9 Å². The first-order valence-electron chi connectivity index (χ1n) is 10.6. The molecule has 6 nitrogen and oxygen atoms in total. The Labute approximate surface area is 181 Å². The van der Waals surface area contributed by atoms with Gasteiger partial charge in [-0.3, -0.25) is 4.79 Å². The molecule has 1 amide bonds. The number of nitrogens with zero attached hydrogens (tertiary/aromatic N) is 3. The number of aromatic nitrogens is 3. The number of rotatable bonds is 8. The number of carbonyl (C=O) groups excluding carboxylic acids is 1. The lowest BCUT2D eigenvalue weighted by atomic mass is 9.91. The van der Waals surface area contributed by atoms with E-state index in [0.717, 1.165) is 28.2 Å². The van der Waals surface area contributed by atoms with E-state index in [-0.39, 0.29) is 11.9 Å². The molecule has 0 radical (unpaired) electrons. The molecule has 1 aliphatic rings. The van der Waals surface area contributed by atoms with Gasteiger partial charge in [0, 0.05) is 12.8 Å². The van der Waals surface area contributed by atoms with Crippen LogP contribution >= 0.6 is 11.8 Å². The highest BCUT2D eigenvalue weighted by Crippen LogP contribution is 2.30. The maximum absolute atomic E-state index is 12.7. The molecule has 1 unspecified atom stereocenters. The SMILES string of the molecule is Cn1c(SCC2CCCCC2)nnc1C(Cc1ccccc1)NC(=O)c1ccoc1. The molecule has 4 rings (SSSR count). The van der Waals surface area contributed by atoms with Gasteiger partial charge < -0.3 is 14.3 Å². The first-order chi connectivity index (χ1) is 14.7. The molecule has 1 N–H and O–H groups in total. The molecule has 1 fully saturated rings. The number of benzene rings is 1. The monoisotopic (exact) mass is 424 g/mol. The van der Waals surface area contributed by atoms with Crippen molar-refractivity contribution in [1.82, 2.24) is 20.1 Å². The number of hydrogen-bond donors (Lipinski definition) is 1. The van der Waals surface area contributed by atoms with E-state index in [9.17, 15) is 4.79 Å². The van der Waals surface area contributed by atoms with E-state index in [1.165, 1.54) is 44.6 Å². The number of carbonyl (C=O) groups is 1. The van der Waals surface area contributed by atoms with E-state index >= 15 is 0 Å². The Morgan fingerprint density at radius 2 is 2.00 bits per heavy atom. The van der Waals surface area contributed by atoms with Gasteiger partial charge in [0.25, 0.3) is 5.91 Å². The molecule has 0 saturated heterocycles. The number of furan rings is 1. The number of nitrogens with one attached hydrogen (secondary N) is 1. The largest absolute Gasteiger partial charge is 0.472 e. The first kappa shape index (κ1) is 20.7. The molecule has 158 valence electrons. The van der Waals surface area contributed by atoms with Crippen molar-refractivity contribution in [3.8, 4) is 0 Å². The summed E-state index contributed by atoms with van der Waals surface area (Å²) in [4.78, 5) is 12.7. The van der Waals surface area contributed by atoms with Crippen LogP contribution in [0.3, 0.4) is 0 Å². The lowest BCUT2D eigenvalue weighted by Crippen LogP contribution is -2.31. The van der Waals surface area contributed by atoms with Gasteiger partial charge in [-0.15, -0.1) is 10.2 Å². The van der Waals surface area contributed by atoms with Crippen LogP contribution in [0.4, 0.5) is 0 Å². The topological polar surface area (TPSA) is 73.0 Å². The third kappa shape index (κ3) is 5.14. The van der Waals surface area contributed by atoms with Crippen molar-refractivity contribution >= 4 is 17.7 Å². The number of amides is 1. The minimum Gasteiger partial charge on any atom is -0.472 e. The second-order valence-electron chi connectivity index (χ2n) is 7.94. The fourth-order valence-electron chi connectivity index (χ4n) is 3.99. The Kier molecular flexibility index (Phi) is 6.89. The highest BCUT2D eigenvalue weighted by molar-refractivity contribution is 7.99. The minimum absolute atomic E-state index is 0.177.